The molecule has 0 aromatic carbocycles. The van der Waals surface area contributed by atoms with Crippen molar-refractivity contribution in [2.24, 2.45) is 0 Å². The Morgan fingerprint density at radius 2 is 1.93 bits per heavy atom. The Bertz CT molecular complexity index is 823. The van der Waals surface area contributed by atoms with E-state index in [0.717, 1.165) is 44.2 Å². The molecule has 0 unspecified atom stereocenters. The maximum Gasteiger partial charge on any atom is 0.254 e. The van der Waals surface area contributed by atoms with Crippen LogP contribution in [-0.4, -0.2) is 69.1 Å². The average molecular weight is 400 g/mol. The smallest absolute Gasteiger partial charge is 0.254 e. The van der Waals surface area contributed by atoms with Gasteiger partial charge in [0.25, 0.3) is 5.91 Å². The van der Waals surface area contributed by atoms with Crippen LogP contribution < -0.4 is 5.32 Å². The molecule has 29 heavy (non-hydrogen) atoms. The third-order valence-electron chi connectivity index (χ3n) is 5.68. The molecule has 0 radical (unpaired) electrons. The SMILES string of the molecule is O=C(NCCC(=O)N1CCN(Cc2nnc3n2CCCCC3)CC1)c1ccoc1. The minimum absolute atomic E-state index is 0.0773. The number of carbonyl (C=O) groups is 2. The average Bonchev–Trinajstić information content (AvgIpc) is 3.34. The summed E-state index contributed by atoms with van der Waals surface area (Å²) in [5.74, 6) is 2.02. The summed E-state index contributed by atoms with van der Waals surface area (Å²) >= 11 is 0. The highest BCUT2D eigenvalue weighted by atomic mass is 16.3. The predicted octanol–water partition coefficient (Wildman–Crippen LogP) is 1.06. The van der Waals surface area contributed by atoms with E-state index in [4.69, 9.17) is 4.42 Å². The first kappa shape index (κ1) is 19.6. The van der Waals surface area contributed by atoms with Crippen LogP contribution in [0.3, 0.4) is 0 Å². The second-order valence-electron chi connectivity index (χ2n) is 7.67. The third kappa shape index (κ3) is 4.84. The maximum absolute atomic E-state index is 12.4. The first-order chi connectivity index (χ1) is 14.2. The van der Waals surface area contributed by atoms with Crippen molar-refractivity contribution in [1.82, 2.24) is 29.9 Å². The molecule has 2 aromatic heterocycles. The summed E-state index contributed by atoms with van der Waals surface area (Å²) in [7, 11) is 0. The van der Waals surface area contributed by atoms with Crippen molar-refractivity contribution in [1.29, 1.82) is 0 Å². The number of rotatable bonds is 6. The Morgan fingerprint density at radius 1 is 1.07 bits per heavy atom. The van der Waals surface area contributed by atoms with Crippen LogP contribution in [0.2, 0.25) is 0 Å². The molecule has 4 rings (SSSR count). The highest BCUT2D eigenvalue weighted by molar-refractivity contribution is 5.94. The molecule has 2 aromatic rings. The van der Waals surface area contributed by atoms with Gasteiger partial charge in [-0.3, -0.25) is 14.5 Å². The molecule has 156 valence electrons. The van der Waals surface area contributed by atoms with E-state index in [2.05, 4.69) is 25.0 Å². The van der Waals surface area contributed by atoms with Gasteiger partial charge in [-0.15, -0.1) is 10.2 Å². The van der Waals surface area contributed by atoms with Crippen LogP contribution in [0.25, 0.3) is 0 Å². The normalized spacial score (nSPS) is 17.6. The van der Waals surface area contributed by atoms with E-state index in [-0.39, 0.29) is 11.8 Å². The van der Waals surface area contributed by atoms with Crippen molar-refractivity contribution in [2.45, 2.75) is 45.2 Å². The fourth-order valence-corrected chi connectivity index (χ4v) is 3.95. The lowest BCUT2D eigenvalue weighted by atomic mass is 10.2. The number of hydrogen-bond acceptors (Lipinski definition) is 6. The van der Waals surface area contributed by atoms with Crippen molar-refractivity contribution in [3.63, 3.8) is 0 Å². The van der Waals surface area contributed by atoms with Gasteiger partial charge >= 0.3 is 0 Å². The zero-order chi connectivity index (χ0) is 20.1. The Balaban J connectivity index is 1.20. The molecule has 2 amide bonds. The quantitative estimate of drug-likeness (QED) is 0.779. The number of nitrogens with one attached hydrogen (secondary N) is 1. The number of carbonyl (C=O) groups excluding carboxylic acids is 2. The van der Waals surface area contributed by atoms with Crippen molar-refractivity contribution in [3.8, 4) is 0 Å². The highest BCUT2D eigenvalue weighted by Gasteiger charge is 2.23. The molecular formula is C20H28N6O3. The van der Waals surface area contributed by atoms with Gasteiger partial charge in [0.05, 0.1) is 18.4 Å². The van der Waals surface area contributed by atoms with Crippen LogP contribution in [0.1, 0.15) is 47.7 Å². The van der Waals surface area contributed by atoms with Gasteiger partial charge < -0.3 is 19.2 Å². The second-order valence-corrected chi connectivity index (χ2v) is 7.67. The fraction of sp³-hybridized carbons (Fsp3) is 0.600. The summed E-state index contributed by atoms with van der Waals surface area (Å²) < 4.78 is 7.18. The maximum atomic E-state index is 12.4. The summed E-state index contributed by atoms with van der Waals surface area (Å²) in [4.78, 5) is 28.5. The molecule has 4 heterocycles. The molecule has 9 nitrogen and oxygen atoms in total. The van der Waals surface area contributed by atoms with Crippen LogP contribution in [0, 0.1) is 0 Å². The monoisotopic (exact) mass is 400 g/mol. The molecule has 0 atom stereocenters. The Kier molecular flexibility index (Phi) is 6.24. The zero-order valence-electron chi connectivity index (χ0n) is 16.7. The summed E-state index contributed by atoms with van der Waals surface area (Å²) in [5, 5.41) is 11.5. The standard InChI is InChI=1S/C20H28N6O3/c27-19(5-7-21-20(28)16-6-13-29-15-16)25-11-9-24(10-12-25)14-18-23-22-17-4-2-1-3-8-26(17)18/h6,13,15H,1-5,7-12,14H2,(H,21,28). The molecule has 2 aliphatic rings. The van der Waals surface area contributed by atoms with Crippen molar-refractivity contribution in [2.75, 3.05) is 32.7 Å². The second kappa shape index (κ2) is 9.21. The molecule has 1 N–H and O–H groups in total. The minimum atomic E-state index is -0.219. The van der Waals surface area contributed by atoms with Gasteiger partial charge in [-0.2, -0.15) is 0 Å². The minimum Gasteiger partial charge on any atom is -0.472 e. The third-order valence-corrected chi connectivity index (χ3v) is 5.68. The summed E-state index contributed by atoms with van der Waals surface area (Å²) in [6, 6.07) is 1.60. The molecule has 0 spiro atoms. The van der Waals surface area contributed by atoms with Gasteiger partial charge in [-0.25, -0.2) is 0 Å². The predicted molar refractivity (Wildman–Crippen MR) is 105 cm³/mol. The number of hydrogen-bond donors (Lipinski definition) is 1. The van der Waals surface area contributed by atoms with E-state index in [0.29, 0.717) is 31.6 Å². The lowest BCUT2D eigenvalue weighted by Gasteiger charge is -2.34. The van der Waals surface area contributed by atoms with E-state index >= 15 is 0 Å². The summed E-state index contributed by atoms with van der Waals surface area (Å²) in [6.45, 7) is 5.20. The number of piperazine rings is 1. The summed E-state index contributed by atoms with van der Waals surface area (Å²) in [5.41, 5.74) is 0.470. The van der Waals surface area contributed by atoms with E-state index in [1.54, 1.807) is 6.07 Å². The van der Waals surface area contributed by atoms with E-state index in [1.807, 2.05) is 4.90 Å². The van der Waals surface area contributed by atoms with Crippen molar-refractivity contribution < 1.29 is 14.0 Å². The van der Waals surface area contributed by atoms with Crippen LogP contribution in [0.5, 0.6) is 0 Å². The van der Waals surface area contributed by atoms with Crippen LogP contribution in [0.15, 0.2) is 23.0 Å². The van der Waals surface area contributed by atoms with Gasteiger partial charge in [0, 0.05) is 52.1 Å². The first-order valence-electron chi connectivity index (χ1n) is 10.4. The largest absolute Gasteiger partial charge is 0.472 e. The van der Waals surface area contributed by atoms with Crippen LogP contribution >= 0.6 is 0 Å². The van der Waals surface area contributed by atoms with Crippen molar-refractivity contribution in [3.05, 3.63) is 35.8 Å². The number of aromatic nitrogens is 3. The Labute approximate surface area is 170 Å². The first-order valence-corrected chi connectivity index (χ1v) is 10.4. The topological polar surface area (TPSA) is 96.5 Å². The lowest BCUT2D eigenvalue weighted by Crippen LogP contribution is -2.49. The zero-order valence-corrected chi connectivity index (χ0v) is 16.7. The molecule has 0 saturated carbocycles. The molecule has 1 fully saturated rings. The number of nitrogens with zero attached hydrogens (tertiary/aromatic N) is 5. The Hall–Kier alpha value is -2.68. The molecule has 9 heteroatoms. The van der Waals surface area contributed by atoms with E-state index in [9.17, 15) is 9.59 Å². The fourth-order valence-electron chi connectivity index (χ4n) is 3.95. The van der Waals surface area contributed by atoms with Gasteiger partial charge in [-0.1, -0.05) is 6.42 Å². The van der Waals surface area contributed by atoms with E-state index < -0.39 is 0 Å². The Morgan fingerprint density at radius 3 is 2.72 bits per heavy atom. The number of furan rings is 1. The van der Waals surface area contributed by atoms with Crippen molar-refractivity contribution >= 4 is 11.8 Å². The number of fused-ring (bicyclic) bond motifs is 1. The summed E-state index contributed by atoms with van der Waals surface area (Å²) in [6.07, 6.45) is 7.82. The lowest BCUT2D eigenvalue weighted by molar-refractivity contribution is -0.132. The van der Waals surface area contributed by atoms with E-state index in [1.165, 1.54) is 31.8 Å². The van der Waals surface area contributed by atoms with Gasteiger partial charge in [-0.05, 0) is 18.9 Å². The molecule has 1 saturated heterocycles. The van der Waals surface area contributed by atoms with Gasteiger partial charge in [0.1, 0.15) is 17.9 Å². The molecule has 0 bridgehead atoms. The van der Waals surface area contributed by atoms with Gasteiger partial charge in [0.15, 0.2) is 0 Å². The van der Waals surface area contributed by atoms with Crippen LogP contribution in [-0.2, 0) is 24.3 Å². The molecule has 0 aliphatic carbocycles. The molecular weight excluding hydrogens is 372 g/mol. The number of amides is 2. The number of aryl methyl sites for hydroxylation is 1. The highest BCUT2D eigenvalue weighted by Crippen LogP contribution is 2.16. The van der Waals surface area contributed by atoms with Crippen LogP contribution in [0.4, 0.5) is 0 Å². The molecule has 2 aliphatic heterocycles. The van der Waals surface area contributed by atoms with Gasteiger partial charge in [0.2, 0.25) is 5.91 Å².